The van der Waals surface area contributed by atoms with Gasteiger partial charge in [-0.3, -0.25) is 4.79 Å². The average Bonchev–Trinajstić information content (AvgIpc) is 2.61. The number of carbonyl (C=O) groups is 1. The van der Waals surface area contributed by atoms with E-state index in [9.17, 15) is 15.0 Å². The van der Waals surface area contributed by atoms with Gasteiger partial charge in [0.05, 0.1) is 0 Å². The molecule has 0 bridgehead atoms. The Balaban J connectivity index is 2.13. The molecule has 4 rings (SSSR count). The predicted octanol–water partition coefficient (Wildman–Crippen LogP) is 3.98. The van der Waals surface area contributed by atoms with Crippen molar-refractivity contribution in [3.05, 3.63) is 82.9 Å². The summed E-state index contributed by atoms with van der Waals surface area (Å²) in [5.41, 5.74) is 1.63. The molecule has 0 radical (unpaired) electrons. The largest absolute Gasteiger partial charge is 0.508 e. The molecular weight excluding hydrogens is 332 g/mol. The van der Waals surface area contributed by atoms with Crippen LogP contribution >= 0.6 is 0 Å². The summed E-state index contributed by atoms with van der Waals surface area (Å²) in [4.78, 5) is 11.6. The Kier molecular flexibility index (Phi) is 3.58. The number of ether oxygens (including phenoxy) is 2. The fourth-order valence-electron chi connectivity index (χ4n) is 3.56. The maximum atomic E-state index is 11.6. The number of phenols is 2. The first-order valence-corrected chi connectivity index (χ1v) is 8.08. The molecule has 1 heterocycles. The highest BCUT2D eigenvalue weighted by Gasteiger charge is 2.47. The molecule has 0 aliphatic carbocycles. The predicted molar refractivity (Wildman–Crippen MR) is 94.5 cm³/mol. The Hall–Kier alpha value is -3.47. The third-order valence-electron chi connectivity index (χ3n) is 4.66. The SMILES string of the molecule is Cc1ccccc1C1(OC=O)c2ccc(O)cc2Oc2cc(O)ccc21. The molecule has 0 saturated carbocycles. The van der Waals surface area contributed by atoms with Gasteiger partial charge in [-0.05, 0) is 36.8 Å². The Morgan fingerprint density at radius 2 is 1.46 bits per heavy atom. The van der Waals surface area contributed by atoms with E-state index in [4.69, 9.17) is 9.47 Å². The first kappa shape index (κ1) is 16.0. The highest BCUT2D eigenvalue weighted by atomic mass is 16.5. The van der Waals surface area contributed by atoms with E-state index in [-0.39, 0.29) is 11.5 Å². The number of benzene rings is 3. The number of carbonyl (C=O) groups excluding carboxylic acids is 1. The van der Waals surface area contributed by atoms with E-state index < -0.39 is 5.60 Å². The van der Waals surface area contributed by atoms with Crippen molar-refractivity contribution in [3.8, 4) is 23.0 Å². The van der Waals surface area contributed by atoms with Crippen LogP contribution in [0.3, 0.4) is 0 Å². The molecule has 3 aromatic rings. The zero-order chi connectivity index (χ0) is 18.3. The molecule has 0 amide bonds. The normalized spacial score (nSPS) is 13.9. The molecule has 3 aromatic carbocycles. The van der Waals surface area contributed by atoms with Crippen molar-refractivity contribution in [3.63, 3.8) is 0 Å². The first-order valence-electron chi connectivity index (χ1n) is 8.08. The molecule has 0 spiro atoms. The van der Waals surface area contributed by atoms with Crippen molar-refractivity contribution in [2.75, 3.05) is 0 Å². The van der Waals surface area contributed by atoms with Gasteiger partial charge < -0.3 is 19.7 Å². The van der Waals surface area contributed by atoms with Crippen LogP contribution in [0.25, 0.3) is 0 Å². The molecule has 5 heteroatoms. The summed E-state index contributed by atoms with van der Waals surface area (Å²) in [6, 6.07) is 16.9. The molecule has 130 valence electrons. The van der Waals surface area contributed by atoms with E-state index >= 15 is 0 Å². The van der Waals surface area contributed by atoms with E-state index in [1.54, 1.807) is 12.1 Å². The molecule has 0 fully saturated rings. The fourth-order valence-corrected chi connectivity index (χ4v) is 3.56. The van der Waals surface area contributed by atoms with Crippen LogP contribution in [0.2, 0.25) is 0 Å². The van der Waals surface area contributed by atoms with Gasteiger partial charge >= 0.3 is 0 Å². The van der Waals surface area contributed by atoms with Gasteiger partial charge in [0, 0.05) is 28.8 Å². The zero-order valence-corrected chi connectivity index (χ0v) is 14.0. The van der Waals surface area contributed by atoms with Crippen LogP contribution in [0.1, 0.15) is 22.3 Å². The maximum absolute atomic E-state index is 11.6. The van der Waals surface area contributed by atoms with E-state index in [0.29, 0.717) is 29.1 Å². The van der Waals surface area contributed by atoms with Gasteiger partial charge in [-0.15, -0.1) is 0 Å². The summed E-state index contributed by atoms with van der Waals surface area (Å²) < 4.78 is 11.6. The third-order valence-corrected chi connectivity index (χ3v) is 4.66. The lowest BCUT2D eigenvalue weighted by atomic mass is 9.76. The Labute approximate surface area is 150 Å². The van der Waals surface area contributed by atoms with Crippen LogP contribution in [0.5, 0.6) is 23.0 Å². The van der Waals surface area contributed by atoms with E-state index in [1.807, 2.05) is 31.2 Å². The van der Waals surface area contributed by atoms with Crippen molar-refractivity contribution in [1.82, 2.24) is 0 Å². The van der Waals surface area contributed by atoms with Crippen molar-refractivity contribution in [2.24, 2.45) is 0 Å². The number of aryl methyl sites for hydroxylation is 1. The summed E-state index contributed by atoms with van der Waals surface area (Å²) in [7, 11) is 0. The lowest BCUT2D eigenvalue weighted by Gasteiger charge is -2.39. The van der Waals surface area contributed by atoms with Crippen LogP contribution in [-0.2, 0) is 15.1 Å². The molecule has 0 unspecified atom stereocenters. The maximum Gasteiger partial charge on any atom is 0.294 e. The van der Waals surface area contributed by atoms with Gasteiger partial charge in [0.2, 0.25) is 0 Å². The van der Waals surface area contributed by atoms with E-state index in [0.717, 1.165) is 11.1 Å². The lowest BCUT2D eigenvalue weighted by Crippen LogP contribution is -2.36. The molecule has 0 aromatic heterocycles. The average molecular weight is 348 g/mol. The summed E-state index contributed by atoms with van der Waals surface area (Å²) >= 11 is 0. The van der Waals surface area contributed by atoms with Crippen molar-refractivity contribution >= 4 is 6.47 Å². The summed E-state index contributed by atoms with van der Waals surface area (Å²) in [6.45, 7) is 2.34. The smallest absolute Gasteiger partial charge is 0.294 e. The third kappa shape index (κ3) is 2.21. The van der Waals surface area contributed by atoms with Gasteiger partial charge in [-0.2, -0.15) is 0 Å². The lowest BCUT2D eigenvalue weighted by molar-refractivity contribution is -0.137. The quantitative estimate of drug-likeness (QED) is 0.700. The number of hydrogen-bond acceptors (Lipinski definition) is 5. The Morgan fingerprint density at radius 3 is 2.00 bits per heavy atom. The van der Waals surface area contributed by atoms with Crippen molar-refractivity contribution < 1.29 is 24.5 Å². The molecule has 0 atom stereocenters. The fraction of sp³-hybridized carbons (Fsp3) is 0.0952. The standard InChI is InChI=1S/C21H16O5/c1-13-4-2-3-5-16(13)21(25-12-22)17-8-6-14(23)10-19(17)26-20-11-15(24)7-9-18(20)21/h2-12,23-24H,1H3. The van der Waals surface area contributed by atoms with Gasteiger partial charge in [0.15, 0.2) is 5.60 Å². The molecule has 0 saturated heterocycles. The van der Waals surface area contributed by atoms with Crippen LogP contribution in [0.15, 0.2) is 60.7 Å². The second-order valence-electron chi connectivity index (χ2n) is 6.17. The number of phenolic OH excluding ortho intramolecular Hbond substituents is 2. The van der Waals surface area contributed by atoms with Crippen LogP contribution in [0.4, 0.5) is 0 Å². The van der Waals surface area contributed by atoms with E-state index in [2.05, 4.69) is 0 Å². The van der Waals surface area contributed by atoms with E-state index in [1.165, 1.54) is 24.3 Å². The number of aromatic hydroxyl groups is 2. The topological polar surface area (TPSA) is 76.0 Å². The number of fused-ring (bicyclic) bond motifs is 2. The first-order chi connectivity index (χ1) is 12.6. The number of hydrogen-bond donors (Lipinski definition) is 2. The molecular formula is C21H16O5. The molecule has 1 aliphatic rings. The highest BCUT2D eigenvalue weighted by molar-refractivity contribution is 5.66. The minimum Gasteiger partial charge on any atom is -0.508 e. The molecule has 26 heavy (non-hydrogen) atoms. The molecule has 1 aliphatic heterocycles. The van der Waals surface area contributed by atoms with Gasteiger partial charge in [0.25, 0.3) is 6.47 Å². The van der Waals surface area contributed by atoms with Gasteiger partial charge in [0.1, 0.15) is 23.0 Å². The van der Waals surface area contributed by atoms with Crippen LogP contribution in [-0.4, -0.2) is 16.7 Å². The summed E-state index contributed by atoms with van der Waals surface area (Å²) in [5, 5.41) is 19.8. The van der Waals surface area contributed by atoms with Crippen LogP contribution < -0.4 is 4.74 Å². The molecule has 5 nitrogen and oxygen atoms in total. The van der Waals surface area contributed by atoms with Crippen molar-refractivity contribution in [2.45, 2.75) is 12.5 Å². The second kappa shape index (κ2) is 5.81. The minimum atomic E-state index is -1.25. The zero-order valence-electron chi connectivity index (χ0n) is 14.0. The van der Waals surface area contributed by atoms with Gasteiger partial charge in [-0.1, -0.05) is 24.3 Å². The Bertz CT molecular complexity index is 958. The summed E-state index contributed by atoms with van der Waals surface area (Å²) in [6.07, 6.45) is 0. The molecule has 2 N–H and O–H groups in total. The van der Waals surface area contributed by atoms with Crippen LogP contribution in [0, 0.1) is 6.92 Å². The van der Waals surface area contributed by atoms with Gasteiger partial charge in [-0.25, -0.2) is 0 Å². The Morgan fingerprint density at radius 1 is 0.885 bits per heavy atom. The number of rotatable bonds is 3. The summed E-state index contributed by atoms with van der Waals surface area (Å²) in [5.74, 6) is 0.760. The monoisotopic (exact) mass is 348 g/mol. The highest BCUT2D eigenvalue weighted by Crippen LogP contribution is 2.54. The van der Waals surface area contributed by atoms with Crippen molar-refractivity contribution in [1.29, 1.82) is 0 Å². The minimum absolute atomic E-state index is 0.0251. The second-order valence-corrected chi connectivity index (χ2v) is 6.17.